The number of amides is 1. The number of nitrogens with one attached hydrogen (secondary N) is 1. The number of ether oxygens (including phenoxy) is 1. The van der Waals surface area contributed by atoms with Crippen LogP contribution >= 0.6 is 11.3 Å². The van der Waals surface area contributed by atoms with Crippen molar-refractivity contribution in [1.82, 2.24) is 10.2 Å². The van der Waals surface area contributed by atoms with E-state index in [0.29, 0.717) is 5.92 Å². The van der Waals surface area contributed by atoms with Gasteiger partial charge in [0.1, 0.15) is 5.75 Å². The highest BCUT2D eigenvalue weighted by atomic mass is 32.1. The first kappa shape index (κ1) is 18.7. The van der Waals surface area contributed by atoms with Gasteiger partial charge in [-0.2, -0.15) is 0 Å². The number of hydrogen-bond donors (Lipinski definition) is 1. The van der Waals surface area contributed by atoms with Crippen LogP contribution in [0.3, 0.4) is 0 Å². The number of piperidine rings is 1. The molecule has 0 radical (unpaired) electrons. The molecule has 138 valence electrons. The number of likely N-dealkylation sites (tertiary alicyclic amines) is 1. The zero-order valence-electron chi connectivity index (χ0n) is 15.2. The lowest BCUT2D eigenvalue weighted by Crippen LogP contribution is -2.40. The topological polar surface area (TPSA) is 41.6 Å². The Kier molecular flexibility index (Phi) is 6.86. The number of carbonyl (C=O) groups is 1. The van der Waals surface area contributed by atoms with Gasteiger partial charge in [-0.25, -0.2) is 0 Å². The van der Waals surface area contributed by atoms with Gasteiger partial charge in [-0.1, -0.05) is 30.4 Å². The van der Waals surface area contributed by atoms with E-state index in [4.69, 9.17) is 4.74 Å². The molecule has 0 bridgehead atoms. The van der Waals surface area contributed by atoms with Crippen LogP contribution in [0.15, 0.2) is 47.9 Å². The average Bonchev–Trinajstić information content (AvgIpc) is 3.22. The Morgan fingerprint density at radius 2 is 2.19 bits per heavy atom. The molecule has 0 unspecified atom stereocenters. The molecule has 0 saturated carbocycles. The standard InChI is InChI=1S/C21H26N2O2S/c1-25-19-10-8-17(9-11-19)5-2-12-23-13-3-6-18(16-23)15-22-21(24)20-7-4-14-26-20/h2,4-5,7-11,14,18H,3,6,12-13,15-16H2,1H3,(H,22,24)/b5-2+/t18-/m0/s1. The molecule has 4 nitrogen and oxygen atoms in total. The van der Waals surface area contributed by atoms with E-state index in [0.717, 1.165) is 36.8 Å². The molecule has 5 heteroatoms. The predicted octanol–water partition coefficient (Wildman–Crippen LogP) is 3.91. The van der Waals surface area contributed by atoms with Gasteiger partial charge in [0.15, 0.2) is 0 Å². The summed E-state index contributed by atoms with van der Waals surface area (Å²) in [5.74, 6) is 1.46. The number of nitrogens with zero attached hydrogens (tertiary/aromatic N) is 1. The van der Waals surface area contributed by atoms with E-state index in [1.165, 1.54) is 29.7 Å². The van der Waals surface area contributed by atoms with Crippen LogP contribution in [0.4, 0.5) is 0 Å². The number of carbonyl (C=O) groups excluding carboxylic acids is 1. The first-order chi connectivity index (χ1) is 12.7. The van der Waals surface area contributed by atoms with Gasteiger partial charge in [-0.15, -0.1) is 11.3 Å². The van der Waals surface area contributed by atoms with Gasteiger partial charge in [0, 0.05) is 19.6 Å². The second-order valence-corrected chi connectivity index (χ2v) is 7.58. The Hall–Kier alpha value is -2.11. The summed E-state index contributed by atoms with van der Waals surface area (Å²) < 4.78 is 5.18. The normalized spacial score (nSPS) is 18.1. The summed E-state index contributed by atoms with van der Waals surface area (Å²) in [6.45, 7) is 3.87. The fraction of sp³-hybridized carbons (Fsp3) is 0.381. The molecule has 3 rings (SSSR count). The number of thiophene rings is 1. The molecule has 26 heavy (non-hydrogen) atoms. The van der Waals surface area contributed by atoms with Gasteiger partial charge in [-0.05, 0) is 54.4 Å². The minimum Gasteiger partial charge on any atom is -0.497 e. The van der Waals surface area contributed by atoms with Crippen LogP contribution in [0.5, 0.6) is 5.75 Å². The van der Waals surface area contributed by atoms with Crippen molar-refractivity contribution in [3.05, 3.63) is 58.3 Å². The molecular weight excluding hydrogens is 344 g/mol. The van der Waals surface area contributed by atoms with Gasteiger partial charge in [0.2, 0.25) is 0 Å². The summed E-state index contributed by atoms with van der Waals surface area (Å²) >= 11 is 1.49. The third-order valence-corrected chi connectivity index (χ3v) is 5.56. The summed E-state index contributed by atoms with van der Waals surface area (Å²) in [6, 6.07) is 11.9. The maximum atomic E-state index is 12.1. The van der Waals surface area contributed by atoms with E-state index in [1.54, 1.807) is 7.11 Å². The van der Waals surface area contributed by atoms with Crippen molar-refractivity contribution in [1.29, 1.82) is 0 Å². The summed E-state index contributed by atoms with van der Waals surface area (Å²) in [5.41, 5.74) is 1.18. The lowest BCUT2D eigenvalue weighted by molar-refractivity contribution is 0.0939. The molecule has 0 aliphatic carbocycles. The Labute approximate surface area is 159 Å². The summed E-state index contributed by atoms with van der Waals surface area (Å²) in [4.78, 5) is 15.3. The number of hydrogen-bond acceptors (Lipinski definition) is 4. The van der Waals surface area contributed by atoms with Gasteiger partial charge >= 0.3 is 0 Å². The summed E-state index contributed by atoms with van der Waals surface area (Å²) in [5, 5.41) is 5.02. The molecule has 1 N–H and O–H groups in total. The molecule has 1 aromatic heterocycles. The predicted molar refractivity (Wildman–Crippen MR) is 108 cm³/mol. The van der Waals surface area contributed by atoms with Crippen molar-refractivity contribution in [2.75, 3.05) is 33.3 Å². The van der Waals surface area contributed by atoms with Crippen molar-refractivity contribution in [2.24, 2.45) is 5.92 Å². The Morgan fingerprint density at radius 3 is 2.92 bits per heavy atom. The third-order valence-electron chi connectivity index (χ3n) is 4.69. The van der Waals surface area contributed by atoms with E-state index in [1.807, 2.05) is 29.6 Å². The fourth-order valence-electron chi connectivity index (χ4n) is 3.27. The van der Waals surface area contributed by atoms with E-state index in [9.17, 15) is 4.79 Å². The molecule has 1 aromatic carbocycles. The van der Waals surface area contributed by atoms with Crippen LogP contribution in [0.25, 0.3) is 6.08 Å². The van der Waals surface area contributed by atoms with Crippen LogP contribution in [-0.4, -0.2) is 44.1 Å². The number of methoxy groups -OCH3 is 1. The Morgan fingerprint density at radius 1 is 1.35 bits per heavy atom. The van der Waals surface area contributed by atoms with Crippen molar-refractivity contribution >= 4 is 23.3 Å². The first-order valence-electron chi connectivity index (χ1n) is 9.09. The molecule has 1 atom stereocenters. The Balaban J connectivity index is 1.42. The average molecular weight is 371 g/mol. The molecule has 1 amide bonds. The van der Waals surface area contributed by atoms with E-state index < -0.39 is 0 Å². The maximum Gasteiger partial charge on any atom is 0.261 e. The Bertz CT molecular complexity index is 710. The third kappa shape index (κ3) is 5.44. The van der Waals surface area contributed by atoms with E-state index in [-0.39, 0.29) is 5.91 Å². The molecule has 2 aromatic rings. The van der Waals surface area contributed by atoms with Crippen LogP contribution < -0.4 is 10.1 Å². The number of rotatable bonds is 7. The largest absolute Gasteiger partial charge is 0.497 e. The number of benzene rings is 1. The molecule has 2 heterocycles. The molecule has 1 saturated heterocycles. The minimum atomic E-state index is 0.0523. The molecule has 1 fully saturated rings. The van der Waals surface area contributed by atoms with Crippen molar-refractivity contribution in [3.8, 4) is 5.75 Å². The van der Waals surface area contributed by atoms with Gasteiger partial charge in [0.25, 0.3) is 5.91 Å². The van der Waals surface area contributed by atoms with E-state index >= 15 is 0 Å². The lowest BCUT2D eigenvalue weighted by atomic mass is 9.98. The minimum absolute atomic E-state index is 0.0523. The smallest absolute Gasteiger partial charge is 0.261 e. The van der Waals surface area contributed by atoms with Gasteiger partial charge in [0.05, 0.1) is 12.0 Å². The lowest BCUT2D eigenvalue weighted by Gasteiger charge is -2.32. The monoisotopic (exact) mass is 370 g/mol. The highest BCUT2D eigenvalue weighted by Crippen LogP contribution is 2.17. The van der Waals surface area contributed by atoms with Crippen LogP contribution in [0.2, 0.25) is 0 Å². The molecular formula is C21H26N2O2S. The fourth-order valence-corrected chi connectivity index (χ4v) is 3.91. The molecule has 1 aliphatic rings. The zero-order valence-corrected chi connectivity index (χ0v) is 16.0. The zero-order chi connectivity index (χ0) is 18.2. The van der Waals surface area contributed by atoms with Crippen molar-refractivity contribution < 1.29 is 9.53 Å². The SMILES string of the molecule is COc1ccc(/C=C/CN2CCC[C@@H](CNC(=O)c3cccs3)C2)cc1. The maximum absolute atomic E-state index is 12.1. The van der Waals surface area contributed by atoms with Crippen LogP contribution in [0, 0.1) is 5.92 Å². The second kappa shape index (κ2) is 9.55. The highest BCUT2D eigenvalue weighted by molar-refractivity contribution is 7.12. The quantitative estimate of drug-likeness (QED) is 0.803. The summed E-state index contributed by atoms with van der Waals surface area (Å²) in [6.07, 6.45) is 6.75. The first-order valence-corrected chi connectivity index (χ1v) is 9.97. The molecule has 1 aliphatic heterocycles. The van der Waals surface area contributed by atoms with Crippen LogP contribution in [0.1, 0.15) is 28.1 Å². The van der Waals surface area contributed by atoms with Gasteiger partial charge < -0.3 is 10.1 Å². The van der Waals surface area contributed by atoms with E-state index in [2.05, 4.69) is 34.5 Å². The van der Waals surface area contributed by atoms with Crippen LogP contribution in [-0.2, 0) is 0 Å². The molecule has 0 spiro atoms. The van der Waals surface area contributed by atoms with Gasteiger partial charge in [-0.3, -0.25) is 9.69 Å². The summed E-state index contributed by atoms with van der Waals surface area (Å²) in [7, 11) is 1.68. The second-order valence-electron chi connectivity index (χ2n) is 6.63. The van der Waals surface area contributed by atoms with Crippen molar-refractivity contribution in [3.63, 3.8) is 0 Å². The van der Waals surface area contributed by atoms with Crippen molar-refractivity contribution in [2.45, 2.75) is 12.8 Å². The highest BCUT2D eigenvalue weighted by Gasteiger charge is 2.19.